The van der Waals surface area contributed by atoms with E-state index < -0.39 is 11.8 Å². The Morgan fingerprint density at radius 1 is 1.06 bits per heavy atom. The molecular formula is C21H21FN4O5S. The number of nitrogens with one attached hydrogen (secondary N) is 3. The SMILES string of the molecule is CCNC(=O)c1csc(NC(=O)Nc2cc(F)ccc2Oc2cccc(OC)c2OC)n1. The number of hydrogen-bond donors (Lipinski definition) is 3. The highest BCUT2D eigenvalue weighted by atomic mass is 32.1. The molecule has 0 fully saturated rings. The summed E-state index contributed by atoms with van der Waals surface area (Å²) in [6.07, 6.45) is 0. The minimum absolute atomic E-state index is 0.0767. The van der Waals surface area contributed by atoms with Crippen molar-refractivity contribution in [3.05, 3.63) is 53.3 Å². The minimum Gasteiger partial charge on any atom is -0.493 e. The molecule has 9 nitrogen and oxygen atoms in total. The first-order chi connectivity index (χ1) is 15.4. The molecular weight excluding hydrogens is 439 g/mol. The normalized spacial score (nSPS) is 10.2. The largest absolute Gasteiger partial charge is 0.493 e. The van der Waals surface area contributed by atoms with Gasteiger partial charge in [-0.15, -0.1) is 11.3 Å². The van der Waals surface area contributed by atoms with Crippen LogP contribution in [0, 0.1) is 5.82 Å². The molecule has 32 heavy (non-hydrogen) atoms. The summed E-state index contributed by atoms with van der Waals surface area (Å²) >= 11 is 1.08. The van der Waals surface area contributed by atoms with Gasteiger partial charge in [-0.3, -0.25) is 10.1 Å². The van der Waals surface area contributed by atoms with Crippen molar-refractivity contribution in [1.82, 2.24) is 10.3 Å². The number of ether oxygens (including phenoxy) is 3. The Kier molecular flexibility index (Phi) is 7.45. The zero-order chi connectivity index (χ0) is 23.1. The fourth-order valence-electron chi connectivity index (χ4n) is 2.68. The highest BCUT2D eigenvalue weighted by molar-refractivity contribution is 7.14. The maximum Gasteiger partial charge on any atom is 0.325 e. The number of nitrogens with zero attached hydrogens (tertiary/aromatic N) is 1. The summed E-state index contributed by atoms with van der Waals surface area (Å²) in [5, 5.41) is 9.39. The Bertz CT molecular complexity index is 1120. The summed E-state index contributed by atoms with van der Waals surface area (Å²) in [5.41, 5.74) is 0.264. The maximum absolute atomic E-state index is 13.9. The lowest BCUT2D eigenvalue weighted by atomic mass is 10.2. The number of rotatable bonds is 8. The lowest BCUT2D eigenvalue weighted by molar-refractivity contribution is 0.0951. The van der Waals surface area contributed by atoms with Crippen LogP contribution in [0.2, 0.25) is 0 Å². The highest BCUT2D eigenvalue weighted by Crippen LogP contribution is 2.41. The number of halogens is 1. The second-order valence-electron chi connectivity index (χ2n) is 6.21. The van der Waals surface area contributed by atoms with E-state index in [0.717, 1.165) is 17.4 Å². The quantitative estimate of drug-likeness (QED) is 0.457. The molecule has 11 heteroatoms. The monoisotopic (exact) mass is 460 g/mol. The molecule has 3 rings (SSSR count). The van der Waals surface area contributed by atoms with Crippen molar-refractivity contribution in [2.45, 2.75) is 6.92 Å². The maximum atomic E-state index is 13.9. The number of aromatic nitrogens is 1. The summed E-state index contributed by atoms with van der Waals surface area (Å²) in [5.74, 6) is 0.369. The molecule has 3 aromatic rings. The van der Waals surface area contributed by atoms with E-state index in [0.29, 0.717) is 23.8 Å². The average molecular weight is 460 g/mol. The Morgan fingerprint density at radius 3 is 2.56 bits per heavy atom. The van der Waals surface area contributed by atoms with E-state index in [1.165, 1.54) is 31.7 Å². The molecule has 2 aromatic carbocycles. The number of thiazole rings is 1. The van der Waals surface area contributed by atoms with Crippen molar-refractivity contribution in [2.75, 3.05) is 31.4 Å². The van der Waals surface area contributed by atoms with Gasteiger partial charge < -0.3 is 24.8 Å². The first-order valence-corrected chi connectivity index (χ1v) is 10.3. The third-order valence-electron chi connectivity index (χ3n) is 4.07. The van der Waals surface area contributed by atoms with Crippen molar-refractivity contribution in [3.8, 4) is 23.0 Å². The molecule has 0 bridgehead atoms. The molecule has 0 atom stereocenters. The van der Waals surface area contributed by atoms with Crippen LogP contribution in [-0.2, 0) is 0 Å². The van der Waals surface area contributed by atoms with Gasteiger partial charge in [-0.25, -0.2) is 14.2 Å². The summed E-state index contributed by atoms with van der Waals surface area (Å²) in [4.78, 5) is 28.3. The third-order valence-corrected chi connectivity index (χ3v) is 4.83. The van der Waals surface area contributed by atoms with Gasteiger partial charge in [0.05, 0.1) is 19.9 Å². The van der Waals surface area contributed by atoms with E-state index in [-0.39, 0.29) is 28.2 Å². The topological polar surface area (TPSA) is 111 Å². The average Bonchev–Trinajstić information content (AvgIpc) is 3.24. The third kappa shape index (κ3) is 5.43. The van der Waals surface area contributed by atoms with Gasteiger partial charge in [-0.2, -0.15) is 0 Å². The zero-order valence-electron chi connectivity index (χ0n) is 17.5. The van der Waals surface area contributed by atoms with Crippen molar-refractivity contribution in [2.24, 2.45) is 0 Å². The number of amides is 3. The van der Waals surface area contributed by atoms with E-state index in [2.05, 4.69) is 20.9 Å². The number of urea groups is 1. The van der Waals surface area contributed by atoms with Crippen LogP contribution < -0.4 is 30.2 Å². The van der Waals surface area contributed by atoms with Crippen LogP contribution in [0.15, 0.2) is 41.8 Å². The molecule has 0 radical (unpaired) electrons. The standard InChI is InChI=1S/C21H21FN4O5S/c1-4-23-19(27)14-11-32-21(25-14)26-20(28)24-13-10-12(22)8-9-15(13)31-17-7-5-6-16(29-2)18(17)30-3/h5-11H,4H2,1-3H3,(H,23,27)(H2,24,25,26,28). The van der Waals surface area contributed by atoms with Gasteiger partial charge in [0, 0.05) is 18.0 Å². The Morgan fingerprint density at radius 2 is 1.84 bits per heavy atom. The van der Waals surface area contributed by atoms with E-state index in [9.17, 15) is 14.0 Å². The zero-order valence-corrected chi connectivity index (χ0v) is 18.3. The predicted molar refractivity (Wildman–Crippen MR) is 119 cm³/mol. The molecule has 0 saturated heterocycles. The number of anilines is 2. The van der Waals surface area contributed by atoms with E-state index in [4.69, 9.17) is 14.2 Å². The van der Waals surface area contributed by atoms with Gasteiger partial charge in [0.25, 0.3) is 5.91 Å². The van der Waals surface area contributed by atoms with Crippen molar-refractivity contribution < 1.29 is 28.2 Å². The second kappa shape index (κ2) is 10.4. The van der Waals surface area contributed by atoms with Gasteiger partial charge in [0.2, 0.25) is 5.75 Å². The molecule has 0 aliphatic carbocycles. The van der Waals surface area contributed by atoms with E-state index in [1.807, 2.05) is 0 Å². The summed E-state index contributed by atoms with van der Waals surface area (Å²) in [6.45, 7) is 2.25. The van der Waals surface area contributed by atoms with Crippen LogP contribution in [-0.4, -0.2) is 37.7 Å². The summed E-state index contributed by atoms with van der Waals surface area (Å²) < 4.78 is 30.3. The number of carbonyl (C=O) groups is 2. The molecule has 0 aliphatic heterocycles. The molecule has 1 heterocycles. The molecule has 0 unspecified atom stereocenters. The highest BCUT2D eigenvalue weighted by Gasteiger charge is 2.17. The Hall–Kier alpha value is -3.86. The van der Waals surface area contributed by atoms with Crippen LogP contribution in [0.5, 0.6) is 23.0 Å². The molecule has 1 aromatic heterocycles. The molecule has 168 valence electrons. The Labute approximate surface area is 187 Å². The van der Waals surface area contributed by atoms with Crippen LogP contribution >= 0.6 is 11.3 Å². The molecule has 3 N–H and O–H groups in total. The van der Waals surface area contributed by atoms with Crippen molar-refractivity contribution >= 4 is 34.1 Å². The lowest BCUT2D eigenvalue weighted by Crippen LogP contribution is -2.23. The first-order valence-electron chi connectivity index (χ1n) is 9.45. The number of hydrogen-bond acceptors (Lipinski definition) is 7. The van der Waals surface area contributed by atoms with E-state index in [1.54, 1.807) is 25.1 Å². The Balaban J connectivity index is 1.77. The first kappa shape index (κ1) is 22.8. The smallest absolute Gasteiger partial charge is 0.325 e. The van der Waals surface area contributed by atoms with E-state index >= 15 is 0 Å². The van der Waals surface area contributed by atoms with Gasteiger partial charge in [-0.05, 0) is 31.2 Å². The molecule has 3 amide bonds. The minimum atomic E-state index is -0.685. The number of carbonyl (C=O) groups excluding carboxylic acids is 2. The van der Waals surface area contributed by atoms with Crippen molar-refractivity contribution in [3.63, 3.8) is 0 Å². The van der Waals surface area contributed by atoms with Gasteiger partial charge in [0.1, 0.15) is 11.5 Å². The number of methoxy groups -OCH3 is 2. The number of benzene rings is 2. The molecule has 0 saturated carbocycles. The fourth-order valence-corrected chi connectivity index (χ4v) is 3.37. The van der Waals surface area contributed by atoms with Gasteiger partial charge >= 0.3 is 6.03 Å². The predicted octanol–water partition coefficient (Wildman–Crippen LogP) is 4.49. The van der Waals surface area contributed by atoms with Gasteiger partial charge in [-0.1, -0.05) is 6.07 Å². The number of para-hydroxylation sites is 1. The lowest BCUT2D eigenvalue weighted by Gasteiger charge is -2.16. The summed E-state index contributed by atoms with van der Waals surface area (Å²) in [7, 11) is 2.96. The molecule has 0 spiro atoms. The summed E-state index contributed by atoms with van der Waals surface area (Å²) in [6, 6.07) is 8.05. The van der Waals surface area contributed by atoms with Gasteiger partial charge in [0.15, 0.2) is 22.4 Å². The molecule has 0 aliphatic rings. The van der Waals surface area contributed by atoms with Crippen molar-refractivity contribution in [1.29, 1.82) is 0 Å². The van der Waals surface area contributed by atoms with Crippen LogP contribution in [0.25, 0.3) is 0 Å². The van der Waals surface area contributed by atoms with Crippen LogP contribution in [0.1, 0.15) is 17.4 Å². The van der Waals surface area contributed by atoms with Crippen LogP contribution in [0.3, 0.4) is 0 Å². The second-order valence-corrected chi connectivity index (χ2v) is 7.07. The van der Waals surface area contributed by atoms with Crippen LogP contribution in [0.4, 0.5) is 20.0 Å². The fraction of sp³-hybridized carbons (Fsp3) is 0.190.